The number of carbonyl (C=O) groups is 2. The summed E-state index contributed by atoms with van der Waals surface area (Å²) in [7, 11) is 1.65. The molecule has 6 heteroatoms. The van der Waals surface area contributed by atoms with Crippen molar-refractivity contribution in [3.63, 3.8) is 0 Å². The fraction of sp³-hybridized carbons (Fsp3) is 0.391. The van der Waals surface area contributed by atoms with Crippen molar-refractivity contribution in [1.29, 1.82) is 0 Å². The molecule has 1 fully saturated rings. The predicted molar refractivity (Wildman–Crippen MR) is 113 cm³/mol. The summed E-state index contributed by atoms with van der Waals surface area (Å²) >= 11 is 0. The number of para-hydroxylation sites is 1. The number of anilines is 1. The van der Waals surface area contributed by atoms with Crippen molar-refractivity contribution in [2.24, 2.45) is 0 Å². The van der Waals surface area contributed by atoms with Gasteiger partial charge < -0.3 is 19.9 Å². The van der Waals surface area contributed by atoms with Gasteiger partial charge in [-0.1, -0.05) is 30.3 Å². The highest BCUT2D eigenvalue weighted by Crippen LogP contribution is 2.19. The molecule has 0 bridgehead atoms. The van der Waals surface area contributed by atoms with Crippen LogP contribution in [0.3, 0.4) is 0 Å². The quantitative estimate of drug-likeness (QED) is 0.777. The summed E-state index contributed by atoms with van der Waals surface area (Å²) in [6, 6.07) is 13.6. The molecule has 1 heterocycles. The monoisotopic (exact) mass is 396 g/mol. The highest BCUT2D eigenvalue weighted by Gasteiger charge is 2.26. The standard InChI is InChI=1S/C23H29N3O3/c1-17-6-4-7-18(2)22(17)24-21(27)15-25-10-12-26(13-11-25)23(28)20-9-5-8-19(14-20)16-29-3/h4-9,14H,10-13,15-16H2,1-3H3,(H,24,27)/p+1. The van der Waals surface area contributed by atoms with Crippen LogP contribution in [0.15, 0.2) is 42.5 Å². The molecule has 0 unspecified atom stereocenters. The lowest BCUT2D eigenvalue weighted by molar-refractivity contribution is -0.895. The summed E-state index contributed by atoms with van der Waals surface area (Å²) in [5.41, 5.74) is 4.72. The van der Waals surface area contributed by atoms with E-state index in [9.17, 15) is 9.59 Å². The summed E-state index contributed by atoms with van der Waals surface area (Å²) in [5, 5.41) is 3.05. The van der Waals surface area contributed by atoms with Gasteiger partial charge >= 0.3 is 0 Å². The van der Waals surface area contributed by atoms with Gasteiger partial charge in [0, 0.05) is 18.4 Å². The molecule has 2 aromatic carbocycles. The van der Waals surface area contributed by atoms with E-state index in [1.54, 1.807) is 7.11 Å². The predicted octanol–water partition coefficient (Wildman–Crippen LogP) is 1.43. The topological polar surface area (TPSA) is 63.1 Å². The van der Waals surface area contributed by atoms with Crippen LogP contribution in [0.25, 0.3) is 0 Å². The first-order chi connectivity index (χ1) is 14.0. The molecular weight excluding hydrogens is 366 g/mol. The van der Waals surface area contributed by atoms with Gasteiger partial charge in [0.25, 0.3) is 11.8 Å². The summed E-state index contributed by atoms with van der Waals surface area (Å²) in [6.45, 7) is 7.75. The zero-order chi connectivity index (χ0) is 20.8. The molecule has 1 saturated heterocycles. The SMILES string of the molecule is COCc1cccc(C(=O)N2CC[NH+](CC(=O)Nc3c(C)cccc3C)CC2)c1. The average molecular weight is 397 g/mol. The second kappa shape index (κ2) is 9.67. The van der Waals surface area contributed by atoms with Crippen LogP contribution in [0.4, 0.5) is 5.69 Å². The van der Waals surface area contributed by atoms with E-state index in [0.29, 0.717) is 31.8 Å². The number of quaternary nitrogens is 1. The van der Waals surface area contributed by atoms with Crippen LogP contribution >= 0.6 is 0 Å². The normalized spacial score (nSPS) is 14.7. The van der Waals surface area contributed by atoms with Gasteiger partial charge in [0.2, 0.25) is 0 Å². The van der Waals surface area contributed by atoms with Gasteiger partial charge in [-0.15, -0.1) is 0 Å². The number of piperazine rings is 1. The molecule has 0 aromatic heterocycles. The number of nitrogens with zero attached hydrogens (tertiary/aromatic N) is 1. The van der Waals surface area contributed by atoms with Gasteiger partial charge in [-0.25, -0.2) is 0 Å². The van der Waals surface area contributed by atoms with Crippen molar-refractivity contribution in [3.8, 4) is 0 Å². The van der Waals surface area contributed by atoms with Crippen LogP contribution in [-0.4, -0.2) is 56.5 Å². The number of nitrogens with one attached hydrogen (secondary N) is 2. The minimum Gasteiger partial charge on any atom is -0.380 e. The molecule has 1 aliphatic rings. The van der Waals surface area contributed by atoms with Crippen LogP contribution in [0.1, 0.15) is 27.0 Å². The smallest absolute Gasteiger partial charge is 0.279 e. The van der Waals surface area contributed by atoms with Crippen molar-refractivity contribution in [2.75, 3.05) is 45.2 Å². The Morgan fingerprint density at radius 2 is 1.72 bits per heavy atom. The first-order valence-corrected chi connectivity index (χ1v) is 10.0. The van der Waals surface area contributed by atoms with Crippen LogP contribution in [-0.2, 0) is 16.1 Å². The largest absolute Gasteiger partial charge is 0.380 e. The number of amides is 2. The maximum Gasteiger partial charge on any atom is 0.279 e. The van der Waals surface area contributed by atoms with Crippen molar-refractivity contribution >= 4 is 17.5 Å². The van der Waals surface area contributed by atoms with Crippen molar-refractivity contribution in [3.05, 3.63) is 64.7 Å². The number of carbonyl (C=O) groups excluding carboxylic acids is 2. The van der Waals surface area contributed by atoms with Gasteiger partial charge in [0.15, 0.2) is 6.54 Å². The Balaban J connectivity index is 1.52. The fourth-order valence-electron chi connectivity index (χ4n) is 3.77. The zero-order valence-electron chi connectivity index (χ0n) is 17.5. The van der Waals surface area contributed by atoms with E-state index in [1.807, 2.05) is 61.2 Å². The second-order valence-corrected chi connectivity index (χ2v) is 7.67. The molecule has 2 amide bonds. The van der Waals surface area contributed by atoms with Crippen LogP contribution in [0.2, 0.25) is 0 Å². The summed E-state index contributed by atoms with van der Waals surface area (Å²) in [5.74, 6) is 0.0615. The van der Waals surface area contributed by atoms with E-state index in [-0.39, 0.29) is 11.8 Å². The molecule has 6 nitrogen and oxygen atoms in total. The second-order valence-electron chi connectivity index (χ2n) is 7.67. The Morgan fingerprint density at radius 3 is 2.38 bits per heavy atom. The molecule has 0 radical (unpaired) electrons. The van der Waals surface area contributed by atoms with Gasteiger partial charge in [-0.05, 0) is 42.7 Å². The van der Waals surface area contributed by atoms with E-state index >= 15 is 0 Å². The molecule has 0 spiro atoms. The molecular formula is C23H30N3O3+. The van der Waals surface area contributed by atoms with E-state index in [4.69, 9.17) is 4.74 Å². The number of hydrogen-bond acceptors (Lipinski definition) is 3. The van der Waals surface area contributed by atoms with Crippen LogP contribution in [0.5, 0.6) is 0 Å². The molecule has 2 aromatic rings. The lowest BCUT2D eigenvalue weighted by Gasteiger charge is -2.32. The van der Waals surface area contributed by atoms with Gasteiger partial charge in [-0.3, -0.25) is 9.59 Å². The molecule has 29 heavy (non-hydrogen) atoms. The number of benzene rings is 2. The number of methoxy groups -OCH3 is 1. The Kier molecular flexibility index (Phi) is 7.01. The summed E-state index contributed by atoms with van der Waals surface area (Å²) in [4.78, 5) is 28.4. The molecule has 2 N–H and O–H groups in total. The first-order valence-electron chi connectivity index (χ1n) is 10.0. The summed E-state index contributed by atoms with van der Waals surface area (Å²) < 4.78 is 5.15. The number of ether oxygens (including phenoxy) is 1. The van der Waals surface area contributed by atoms with E-state index < -0.39 is 0 Å². The Hall–Kier alpha value is -2.70. The highest BCUT2D eigenvalue weighted by molar-refractivity contribution is 5.94. The van der Waals surface area contributed by atoms with E-state index in [0.717, 1.165) is 35.5 Å². The molecule has 3 rings (SSSR count). The van der Waals surface area contributed by atoms with Gasteiger partial charge in [0.05, 0.1) is 32.8 Å². The Labute approximate surface area is 172 Å². The minimum absolute atomic E-state index is 0.0180. The fourth-order valence-corrected chi connectivity index (χ4v) is 3.77. The maximum atomic E-state index is 12.8. The van der Waals surface area contributed by atoms with Crippen molar-refractivity contribution in [2.45, 2.75) is 20.5 Å². The molecule has 1 aliphatic heterocycles. The molecule has 0 saturated carbocycles. The lowest BCUT2D eigenvalue weighted by atomic mass is 10.1. The van der Waals surface area contributed by atoms with Crippen LogP contribution < -0.4 is 10.2 Å². The zero-order valence-corrected chi connectivity index (χ0v) is 17.5. The number of aryl methyl sites for hydroxylation is 2. The van der Waals surface area contributed by atoms with Gasteiger partial charge in [-0.2, -0.15) is 0 Å². The Morgan fingerprint density at radius 1 is 1.07 bits per heavy atom. The highest BCUT2D eigenvalue weighted by atomic mass is 16.5. The first kappa shape index (κ1) is 21.0. The minimum atomic E-state index is 0.0180. The molecule has 0 atom stereocenters. The molecule has 0 aliphatic carbocycles. The third kappa shape index (κ3) is 5.43. The summed E-state index contributed by atoms with van der Waals surface area (Å²) in [6.07, 6.45) is 0. The third-order valence-electron chi connectivity index (χ3n) is 5.40. The maximum absolute atomic E-state index is 12.8. The van der Waals surface area contributed by atoms with Gasteiger partial charge in [0.1, 0.15) is 0 Å². The van der Waals surface area contributed by atoms with Crippen molar-refractivity contribution in [1.82, 2.24) is 4.90 Å². The van der Waals surface area contributed by atoms with E-state index in [2.05, 4.69) is 5.32 Å². The number of hydrogen-bond donors (Lipinski definition) is 2. The van der Waals surface area contributed by atoms with Crippen LogP contribution in [0, 0.1) is 13.8 Å². The lowest BCUT2D eigenvalue weighted by Crippen LogP contribution is -3.15. The average Bonchev–Trinajstić information content (AvgIpc) is 2.71. The Bertz CT molecular complexity index is 853. The number of rotatable bonds is 6. The molecule has 154 valence electrons. The van der Waals surface area contributed by atoms with E-state index in [1.165, 1.54) is 4.90 Å². The third-order valence-corrected chi connectivity index (χ3v) is 5.40. The van der Waals surface area contributed by atoms with Crippen molar-refractivity contribution < 1.29 is 19.2 Å².